The molecule has 4 rings (SSSR count). The minimum absolute atomic E-state index is 0.230. The molecule has 33 heavy (non-hydrogen) atoms. The standard InChI is InChI=1S/C28H40N2O3/c1-4-5-18-32-27-20(2)26(29-25-13-9-8-12-24(25)27)19-33-23-16-14-22(15-17-23)30(3)28(31)21-10-6-7-11-21/h8-9,12-13,21-23H,4-7,10-11,14-19H2,1-3H3. The first-order valence-corrected chi connectivity index (χ1v) is 13.0. The average molecular weight is 453 g/mol. The predicted molar refractivity (Wildman–Crippen MR) is 132 cm³/mol. The molecule has 2 saturated carbocycles. The lowest BCUT2D eigenvalue weighted by molar-refractivity contribution is -0.137. The van der Waals surface area contributed by atoms with Gasteiger partial charge in [-0.1, -0.05) is 38.3 Å². The van der Waals surface area contributed by atoms with Gasteiger partial charge in [-0.25, -0.2) is 4.98 Å². The Kier molecular flexibility index (Phi) is 8.24. The Morgan fingerprint density at radius 1 is 1.09 bits per heavy atom. The first-order chi connectivity index (χ1) is 16.1. The van der Waals surface area contributed by atoms with Gasteiger partial charge in [0.05, 0.1) is 30.5 Å². The number of nitrogens with zero attached hydrogens (tertiary/aromatic N) is 2. The molecule has 0 radical (unpaired) electrons. The van der Waals surface area contributed by atoms with Gasteiger partial charge in [0, 0.05) is 30.0 Å². The number of ether oxygens (including phenoxy) is 2. The number of hydrogen-bond acceptors (Lipinski definition) is 4. The monoisotopic (exact) mass is 452 g/mol. The van der Waals surface area contributed by atoms with Crippen LogP contribution in [0.5, 0.6) is 5.75 Å². The summed E-state index contributed by atoms with van der Waals surface area (Å²) < 4.78 is 12.5. The molecule has 1 aromatic heterocycles. The van der Waals surface area contributed by atoms with Crippen LogP contribution >= 0.6 is 0 Å². The van der Waals surface area contributed by atoms with Crippen molar-refractivity contribution in [2.75, 3.05) is 13.7 Å². The molecular formula is C28H40N2O3. The number of rotatable bonds is 9. The third kappa shape index (κ3) is 5.68. The zero-order valence-corrected chi connectivity index (χ0v) is 20.6. The third-order valence-corrected chi connectivity index (χ3v) is 7.62. The van der Waals surface area contributed by atoms with Crippen LogP contribution in [0.1, 0.15) is 82.4 Å². The average Bonchev–Trinajstić information content (AvgIpc) is 3.39. The van der Waals surface area contributed by atoms with E-state index in [2.05, 4.69) is 19.9 Å². The number of aromatic nitrogens is 1. The van der Waals surface area contributed by atoms with Gasteiger partial charge in [0.15, 0.2) is 0 Å². The summed E-state index contributed by atoms with van der Waals surface area (Å²) in [5.41, 5.74) is 3.01. The summed E-state index contributed by atoms with van der Waals surface area (Å²) >= 11 is 0. The highest BCUT2D eigenvalue weighted by Crippen LogP contribution is 2.33. The van der Waals surface area contributed by atoms with Crippen LogP contribution in [0.3, 0.4) is 0 Å². The van der Waals surface area contributed by atoms with Gasteiger partial charge in [-0.15, -0.1) is 0 Å². The van der Waals surface area contributed by atoms with Gasteiger partial charge >= 0.3 is 0 Å². The Hall–Kier alpha value is -2.14. The Bertz CT molecular complexity index is 930. The number of para-hydroxylation sites is 1. The van der Waals surface area contributed by atoms with Crippen LogP contribution in [0, 0.1) is 12.8 Å². The fourth-order valence-electron chi connectivity index (χ4n) is 5.41. The number of benzene rings is 1. The fraction of sp³-hybridized carbons (Fsp3) is 0.643. The van der Waals surface area contributed by atoms with Crippen LogP contribution in [0.25, 0.3) is 10.9 Å². The molecule has 180 valence electrons. The summed E-state index contributed by atoms with van der Waals surface area (Å²) in [6.07, 6.45) is 11.0. The molecule has 2 fully saturated rings. The van der Waals surface area contributed by atoms with Crippen LogP contribution in [0.4, 0.5) is 0 Å². The maximum absolute atomic E-state index is 12.8. The van der Waals surface area contributed by atoms with E-state index >= 15 is 0 Å². The van der Waals surface area contributed by atoms with Gasteiger partial charge in [0.1, 0.15) is 5.75 Å². The van der Waals surface area contributed by atoms with Gasteiger partial charge in [0.25, 0.3) is 0 Å². The van der Waals surface area contributed by atoms with E-state index in [4.69, 9.17) is 14.5 Å². The number of carbonyl (C=O) groups is 1. The first-order valence-electron chi connectivity index (χ1n) is 13.0. The molecule has 0 bridgehead atoms. The molecule has 5 nitrogen and oxygen atoms in total. The number of pyridine rings is 1. The van der Waals surface area contributed by atoms with Crippen molar-refractivity contribution >= 4 is 16.8 Å². The van der Waals surface area contributed by atoms with Crippen molar-refractivity contribution in [1.29, 1.82) is 0 Å². The van der Waals surface area contributed by atoms with E-state index in [1.54, 1.807) is 0 Å². The van der Waals surface area contributed by atoms with Gasteiger partial charge in [-0.05, 0) is 64.0 Å². The van der Waals surface area contributed by atoms with Crippen molar-refractivity contribution in [3.8, 4) is 5.75 Å². The minimum Gasteiger partial charge on any atom is -0.493 e. The van der Waals surface area contributed by atoms with Crippen LogP contribution in [0.2, 0.25) is 0 Å². The molecule has 1 aromatic carbocycles. The molecule has 0 aliphatic heterocycles. The molecule has 5 heteroatoms. The van der Waals surface area contributed by atoms with Gasteiger partial charge in [-0.2, -0.15) is 0 Å². The SMILES string of the molecule is CCCCOc1c(C)c(COC2CCC(N(C)C(=O)C3CCCC3)CC2)nc2ccccc12. The molecule has 0 N–H and O–H groups in total. The van der Waals surface area contributed by atoms with E-state index in [1.165, 1.54) is 12.8 Å². The van der Waals surface area contributed by atoms with Crippen molar-refractivity contribution in [1.82, 2.24) is 9.88 Å². The van der Waals surface area contributed by atoms with E-state index < -0.39 is 0 Å². The molecule has 2 aliphatic rings. The largest absolute Gasteiger partial charge is 0.493 e. The fourth-order valence-corrected chi connectivity index (χ4v) is 5.41. The summed E-state index contributed by atoms with van der Waals surface area (Å²) in [4.78, 5) is 19.7. The van der Waals surface area contributed by atoms with Crippen molar-refractivity contribution in [3.63, 3.8) is 0 Å². The number of carbonyl (C=O) groups excluding carboxylic acids is 1. The zero-order chi connectivity index (χ0) is 23.2. The maximum Gasteiger partial charge on any atom is 0.225 e. The lowest BCUT2D eigenvalue weighted by Gasteiger charge is -2.35. The van der Waals surface area contributed by atoms with Gasteiger partial charge in [-0.3, -0.25) is 4.79 Å². The first kappa shape index (κ1) is 24.0. The second-order valence-electron chi connectivity index (χ2n) is 9.90. The van der Waals surface area contributed by atoms with Crippen molar-refractivity contribution in [2.45, 2.75) is 96.8 Å². The highest BCUT2D eigenvalue weighted by molar-refractivity contribution is 5.86. The predicted octanol–water partition coefficient (Wildman–Crippen LogP) is 6.20. The second-order valence-corrected chi connectivity index (χ2v) is 9.90. The van der Waals surface area contributed by atoms with E-state index in [0.29, 0.717) is 18.6 Å². The quantitative estimate of drug-likeness (QED) is 0.425. The molecule has 0 atom stereocenters. The lowest BCUT2D eigenvalue weighted by Crippen LogP contribution is -2.43. The summed E-state index contributed by atoms with van der Waals surface area (Å²) in [5, 5.41) is 1.07. The third-order valence-electron chi connectivity index (χ3n) is 7.62. The van der Waals surface area contributed by atoms with Gasteiger partial charge in [0.2, 0.25) is 5.91 Å². The summed E-state index contributed by atoms with van der Waals surface area (Å²) in [7, 11) is 2.01. The molecule has 0 spiro atoms. The van der Waals surface area contributed by atoms with Crippen molar-refractivity contribution in [3.05, 3.63) is 35.5 Å². The molecule has 1 amide bonds. The topological polar surface area (TPSA) is 51.7 Å². The van der Waals surface area contributed by atoms with Crippen LogP contribution in [0.15, 0.2) is 24.3 Å². The zero-order valence-electron chi connectivity index (χ0n) is 20.6. The van der Waals surface area contributed by atoms with E-state index in [-0.39, 0.29) is 12.0 Å². The Morgan fingerprint density at radius 3 is 2.55 bits per heavy atom. The Labute approximate surface area is 198 Å². The number of fused-ring (bicyclic) bond motifs is 1. The highest BCUT2D eigenvalue weighted by atomic mass is 16.5. The number of hydrogen-bond donors (Lipinski definition) is 0. The molecule has 1 heterocycles. The molecule has 0 saturated heterocycles. The lowest BCUT2D eigenvalue weighted by atomic mass is 9.91. The second kappa shape index (κ2) is 11.3. The van der Waals surface area contributed by atoms with E-state index in [1.807, 2.05) is 30.1 Å². The Morgan fingerprint density at radius 2 is 1.82 bits per heavy atom. The normalized spacial score (nSPS) is 21.4. The van der Waals surface area contributed by atoms with E-state index in [0.717, 1.165) is 85.9 Å². The molecule has 0 unspecified atom stereocenters. The molecular weight excluding hydrogens is 412 g/mol. The number of amides is 1. The maximum atomic E-state index is 12.8. The van der Waals surface area contributed by atoms with Gasteiger partial charge < -0.3 is 14.4 Å². The molecule has 2 aliphatic carbocycles. The van der Waals surface area contributed by atoms with Crippen molar-refractivity contribution in [2.24, 2.45) is 5.92 Å². The van der Waals surface area contributed by atoms with E-state index in [9.17, 15) is 4.79 Å². The summed E-state index contributed by atoms with van der Waals surface area (Å²) in [5.74, 6) is 1.58. The Balaban J connectivity index is 1.35. The van der Waals surface area contributed by atoms with Crippen LogP contribution in [-0.2, 0) is 16.1 Å². The van der Waals surface area contributed by atoms with Crippen LogP contribution < -0.4 is 4.74 Å². The van der Waals surface area contributed by atoms with Crippen molar-refractivity contribution < 1.29 is 14.3 Å². The van der Waals surface area contributed by atoms with Crippen LogP contribution in [-0.4, -0.2) is 41.6 Å². The minimum atomic E-state index is 0.230. The highest BCUT2D eigenvalue weighted by Gasteiger charge is 2.31. The summed E-state index contributed by atoms with van der Waals surface area (Å²) in [6.45, 7) is 5.51. The smallest absolute Gasteiger partial charge is 0.225 e. The molecule has 2 aromatic rings. The summed E-state index contributed by atoms with van der Waals surface area (Å²) in [6, 6.07) is 8.56. The number of unbranched alkanes of at least 4 members (excludes halogenated alkanes) is 1.